The fourth-order valence-electron chi connectivity index (χ4n) is 2.04. The van der Waals surface area contributed by atoms with Crippen LogP contribution < -0.4 is 4.74 Å². The van der Waals surface area contributed by atoms with Crippen molar-refractivity contribution in [2.75, 3.05) is 7.11 Å². The molecule has 0 aliphatic heterocycles. The van der Waals surface area contributed by atoms with E-state index in [9.17, 15) is 23.3 Å². The molecule has 1 saturated carbocycles. The van der Waals surface area contributed by atoms with Gasteiger partial charge in [-0.05, 0) is 12.1 Å². The van der Waals surface area contributed by atoms with Gasteiger partial charge in [-0.3, -0.25) is 10.1 Å². The van der Waals surface area contributed by atoms with Crippen LogP contribution in [0.3, 0.4) is 0 Å². The second kappa shape index (κ2) is 5.80. The van der Waals surface area contributed by atoms with E-state index in [1.807, 2.05) is 0 Å². The topological polar surface area (TPSA) is 61.6 Å². The molecule has 5 nitrogen and oxygen atoms in total. The number of rotatable bonds is 4. The highest BCUT2D eigenvalue weighted by atomic mass is 79.9. The van der Waals surface area contributed by atoms with Crippen LogP contribution >= 0.6 is 15.9 Å². The lowest BCUT2D eigenvalue weighted by Gasteiger charge is -2.39. The highest BCUT2D eigenvalue weighted by Gasteiger charge is 2.43. The molecule has 1 fully saturated rings. The molecule has 0 bridgehead atoms. The SMILES string of the molecule is COC1C(Br)CC1Oc1ccc(C(F)(F)F)cc1[N+](=O)[O-]. The fourth-order valence-corrected chi connectivity index (χ4v) is 2.97. The van der Waals surface area contributed by atoms with Crippen molar-refractivity contribution in [3.63, 3.8) is 0 Å². The van der Waals surface area contributed by atoms with Crippen molar-refractivity contribution in [1.82, 2.24) is 0 Å². The largest absolute Gasteiger partial charge is 0.481 e. The molecule has 0 amide bonds. The van der Waals surface area contributed by atoms with Gasteiger partial charge in [0.2, 0.25) is 0 Å². The number of nitro benzene ring substituents is 1. The monoisotopic (exact) mass is 369 g/mol. The van der Waals surface area contributed by atoms with Crippen LogP contribution in [0, 0.1) is 10.1 Å². The van der Waals surface area contributed by atoms with Gasteiger partial charge in [-0.2, -0.15) is 13.2 Å². The number of methoxy groups -OCH3 is 1. The first kappa shape index (κ1) is 16.0. The molecule has 1 aromatic carbocycles. The van der Waals surface area contributed by atoms with Gasteiger partial charge in [0, 0.05) is 24.4 Å². The predicted molar refractivity (Wildman–Crippen MR) is 70.6 cm³/mol. The first-order chi connectivity index (χ1) is 9.74. The zero-order valence-electron chi connectivity index (χ0n) is 10.8. The average molecular weight is 370 g/mol. The van der Waals surface area contributed by atoms with E-state index in [-0.39, 0.29) is 16.7 Å². The quantitative estimate of drug-likeness (QED) is 0.462. The Morgan fingerprint density at radius 1 is 1.43 bits per heavy atom. The number of halogens is 4. The Labute approximate surface area is 126 Å². The van der Waals surface area contributed by atoms with Gasteiger partial charge in [0.1, 0.15) is 12.2 Å². The lowest BCUT2D eigenvalue weighted by Crippen LogP contribution is -2.51. The van der Waals surface area contributed by atoms with E-state index in [2.05, 4.69) is 15.9 Å². The molecule has 3 unspecified atom stereocenters. The van der Waals surface area contributed by atoms with Crippen molar-refractivity contribution in [2.45, 2.75) is 29.6 Å². The fraction of sp³-hybridized carbons (Fsp3) is 0.500. The molecule has 21 heavy (non-hydrogen) atoms. The molecule has 0 aromatic heterocycles. The normalized spacial score (nSPS) is 25.3. The summed E-state index contributed by atoms with van der Waals surface area (Å²) in [6.45, 7) is 0. The van der Waals surface area contributed by atoms with Gasteiger partial charge in [-0.25, -0.2) is 0 Å². The van der Waals surface area contributed by atoms with E-state index in [0.29, 0.717) is 12.5 Å². The van der Waals surface area contributed by atoms with E-state index in [0.717, 1.165) is 12.1 Å². The van der Waals surface area contributed by atoms with Gasteiger partial charge >= 0.3 is 11.9 Å². The summed E-state index contributed by atoms with van der Waals surface area (Å²) in [6, 6.07) is 2.20. The third-order valence-electron chi connectivity index (χ3n) is 3.21. The summed E-state index contributed by atoms with van der Waals surface area (Å²) in [5.41, 5.74) is -1.80. The molecule has 9 heteroatoms. The van der Waals surface area contributed by atoms with E-state index in [1.165, 1.54) is 7.11 Å². The summed E-state index contributed by atoms with van der Waals surface area (Å²) in [7, 11) is 1.47. The first-order valence-electron chi connectivity index (χ1n) is 5.93. The molecule has 0 saturated heterocycles. The molecule has 1 aromatic rings. The maximum Gasteiger partial charge on any atom is 0.416 e. The van der Waals surface area contributed by atoms with E-state index in [1.54, 1.807) is 0 Å². The summed E-state index contributed by atoms with van der Waals surface area (Å²) in [5, 5.41) is 10.9. The van der Waals surface area contributed by atoms with Gasteiger partial charge in [-0.15, -0.1) is 0 Å². The number of alkyl halides is 4. The molecule has 1 aliphatic rings. The Morgan fingerprint density at radius 2 is 2.10 bits per heavy atom. The van der Waals surface area contributed by atoms with Gasteiger partial charge in [-0.1, -0.05) is 15.9 Å². The Hall–Kier alpha value is -1.35. The summed E-state index contributed by atoms with van der Waals surface area (Å²) in [5.74, 6) is -0.195. The highest BCUT2D eigenvalue weighted by molar-refractivity contribution is 9.09. The maximum atomic E-state index is 12.6. The standard InChI is InChI=1S/C12H11BrF3NO4/c1-20-11-7(13)5-10(11)21-9-3-2-6(12(14,15)16)4-8(9)17(18)19/h2-4,7,10-11H,5H2,1H3. The smallest absolute Gasteiger partial charge is 0.416 e. The van der Waals surface area contributed by atoms with Crippen LogP contribution in [0.1, 0.15) is 12.0 Å². The lowest BCUT2D eigenvalue weighted by molar-refractivity contribution is -0.386. The molecule has 0 heterocycles. The molecular weight excluding hydrogens is 359 g/mol. The molecule has 2 rings (SSSR count). The number of benzene rings is 1. The third kappa shape index (κ3) is 3.29. The Morgan fingerprint density at radius 3 is 2.57 bits per heavy atom. The van der Waals surface area contributed by atoms with Crippen LogP contribution in [0.2, 0.25) is 0 Å². The van der Waals surface area contributed by atoms with Crippen molar-refractivity contribution in [3.05, 3.63) is 33.9 Å². The zero-order valence-corrected chi connectivity index (χ0v) is 12.3. The van der Waals surface area contributed by atoms with Gasteiger partial charge in [0.25, 0.3) is 0 Å². The minimum absolute atomic E-state index is 0.0565. The molecule has 0 N–H and O–H groups in total. The van der Waals surface area contributed by atoms with E-state index < -0.39 is 28.5 Å². The average Bonchev–Trinajstić information content (AvgIpc) is 2.37. The molecule has 3 atom stereocenters. The van der Waals surface area contributed by atoms with Gasteiger partial charge in [0.15, 0.2) is 5.75 Å². The van der Waals surface area contributed by atoms with Crippen molar-refractivity contribution < 1.29 is 27.6 Å². The van der Waals surface area contributed by atoms with Crippen molar-refractivity contribution in [1.29, 1.82) is 0 Å². The molecular formula is C12H11BrF3NO4. The first-order valence-corrected chi connectivity index (χ1v) is 6.84. The van der Waals surface area contributed by atoms with Crippen LogP contribution in [-0.2, 0) is 10.9 Å². The molecule has 0 spiro atoms. The predicted octanol–water partition coefficient (Wildman–Crippen LogP) is 3.54. The molecule has 0 radical (unpaired) electrons. The highest BCUT2D eigenvalue weighted by Crippen LogP contribution is 2.39. The van der Waals surface area contributed by atoms with Crippen molar-refractivity contribution in [3.8, 4) is 5.75 Å². The second-order valence-electron chi connectivity index (χ2n) is 4.55. The number of nitro groups is 1. The van der Waals surface area contributed by atoms with E-state index in [4.69, 9.17) is 9.47 Å². The van der Waals surface area contributed by atoms with Crippen molar-refractivity contribution >= 4 is 21.6 Å². The number of nitrogens with zero attached hydrogens (tertiary/aromatic N) is 1. The second-order valence-corrected chi connectivity index (χ2v) is 5.72. The van der Waals surface area contributed by atoms with Gasteiger partial charge < -0.3 is 9.47 Å². The van der Waals surface area contributed by atoms with Crippen LogP contribution in [0.15, 0.2) is 18.2 Å². The Kier molecular flexibility index (Phi) is 4.43. The summed E-state index contributed by atoms with van der Waals surface area (Å²) in [4.78, 5) is 10.1. The molecule has 1 aliphatic carbocycles. The zero-order chi connectivity index (χ0) is 15.8. The summed E-state index contributed by atoms with van der Waals surface area (Å²) in [6.07, 6.45) is -4.83. The molecule has 116 valence electrons. The number of hydrogen-bond acceptors (Lipinski definition) is 4. The summed E-state index contributed by atoms with van der Waals surface area (Å²) >= 11 is 3.34. The van der Waals surface area contributed by atoms with Crippen molar-refractivity contribution in [2.24, 2.45) is 0 Å². The lowest BCUT2D eigenvalue weighted by atomic mass is 9.91. The Bertz CT molecular complexity index is 552. The summed E-state index contributed by atoms with van der Waals surface area (Å²) < 4.78 is 48.3. The van der Waals surface area contributed by atoms with Crippen LogP contribution in [-0.4, -0.2) is 29.1 Å². The minimum atomic E-state index is -4.64. The van der Waals surface area contributed by atoms with Gasteiger partial charge in [0.05, 0.1) is 10.5 Å². The van der Waals surface area contributed by atoms with E-state index >= 15 is 0 Å². The van der Waals surface area contributed by atoms with Crippen LogP contribution in [0.4, 0.5) is 18.9 Å². The van der Waals surface area contributed by atoms with Crippen LogP contribution in [0.5, 0.6) is 5.75 Å². The maximum absolute atomic E-state index is 12.6. The third-order valence-corrected chi connectivity index (χ3v) is 4.11. The van der Waals surface area contributed by atoms with Crippen LogP contribution in [0.25, 0.3) is 0 Å². The number of ether oxygens (including phenoxy) is 2. The Balaban J connectivity index is 2.26. The minimum Gasteiger partial charge on any atom is -0.481 e. The number of hydrogen-bond donors (Lipinski definition) is 0.